The highest BCUT2D eigenvalue weighted by Gasteiger charge is 2.06. The molecule has 1 aromatic heterocycles. The molecule has 0 saturated carbocycles. The van der Waals surface area contributed by atoms with Crippen LogP contribution in [0.25, 0.3) is 5.69 Å². The summed E-state index contributed by atoms with van der Waals surface area (Å²) in [7, 11) is 0. The summed E-state index contributed by atoms with van der Waals surface area (Å²) in [5, 5.41) is 0.239. The van der Waals surface area contributed by atoms with Gasteiger partial charge in [0, 0.05) is 23.5 Å². The Morgan fingerprint density at radius 1 is 1.05 bits per heavy atom. The summed E-state index contributed by atoms with van der Waals surface area (Å²) in [4.78, 5) is 11.6. The summed E-state index contributed by atoms with van der Waals surface area (Å²) in [6.07, 6.45) is 0.516. The second kappa shape index (κ2) is 6.11. The zero-order chi connectivity index (χ0) is 13.8. The van der Waals surface area contributed by atoms with Crippen LogP contribution in [0.3, 0.4) is 0 Å². The van der Waals surface area contributed by atoms with Gasteiger partial charge in [0.1, 0.15) is 0 Å². The van der Waals surface area contributed by atoms with Gasteiger partial charge in [0.2, 0.25) is 0 Å². The largest absolute Gasteiger partial charge is 0.319 e. The molecule has 2 aromatic rings. The molecule has 0 unspecified atom stereocenters. The van der Waals surface area contributed by atoms with E-state index in [4.69, 9.17) is 0 Å². The van der Waals surface area contributed by atoms with Crippen LogP contribution in [0.1, 0.15) is 23.9 Å². The second-order valence-electron chi connectivity index (χ2n) is 4.60. The van der Waals surface area contributed by atoms with Gasteiger partial charge in [0.05, 0.1) is 0 Å². The van der Waals surface area contributed by atoms with Crippen LogP contribution in [0.15, 0.2) is 36.4 Å². The number of aryl methyl sites for hydroxylation is 2. The molecule has 0 fully saturated rings. The molecular formula is C16H19NOS. The number of nitrogens with zero attached hydrogens (tertiary/aromatic N) is 1. The Bertz CT molecular complexity index is 549. The number of aromatic nitrogens is 1. The van der Waals surface area contributed by atoms with Crippen LogP contribution < -0.4 is 0 Å². The Hall–Kier alpha value is -1.48. The number of carbonyl (C=O) groups excluding carboxylic acids is 1. The Morgan fingerprint density at radius 3 is 2.16 bits per heavy atom. The third-order valence-electron chi connectivity index (χ3n) is 3.12. The van der Waals surface area contributed by atoms with Crippen LogP contribution in [0, 0.1) is 13.8 Å². The quantitative estimate of drug-likeness (QED) is 0.842. The lowest BCUT2D eigenvalue weighted by atomic mass is 10.1. The molecule has 1 aromatic carbocycles. The van der Waals surface area contributed by atoms with Crippen molar-refractivity contribution in [2.75, 3.05) is 5.75 Å². The topological polar surface area (TPSA) is 22.0 Å². The molecule has 0 aliphatic carbocycles. The highest BCUT2D eigenvalue weighted by molar-refractivity contribution is 8.13. The van der Waals surface area contributed by atoms with Crippen molar-refractivity contribution < 1.29 is 4.79 Å². The summed E-state index contributed by atoms with van der Waals surface area (Å²) in [6.45, 7) is 6.20. The fourth-order valence-corrected chi connectivity index (χ4v) is 2.81. The monoisotopic (exact) mass is 273 g/mol. The van der Waals surface area contributed by atoms with Gasteiger partial charge in [-0.3, -0.25) is 4.79 Å². The molecule has 0 atom stereocenters. The van der Waals surface area contributed by atoms with Crippen molar-refractivity contribution in [3.05, 3.63) is 53.3 Å². The molecule has 0 radical (unpaired) electrons. The van der Waals surface area contributed by atoms with E-state index in [9.17, 15) is 4.79 Å². The molecule has 1 heterocycles. The zero-order valence-corrected chi connectivity index (χ0v) is 12.5. The predicted molar refractivity (Wildman–Crippen MR) is 82.1 cm³/mol. The van der Waals surface area contributed by atoms with E-state index in [1.54, 1.807) is 0 Å². The maximum absolute atomic E-state index is 11.6. The standard InChI is InChI=1S/C16H19NOS/c1-4-19-16(18)11-14-7-9-15(10-8-14)17-12(2)5-6-13(17)3/h5-10H,4,11H2,1-3H3. The highest BCUT2D eigenvalue weighted by atomic mass is 32.2. The molecule has 2 nitrogen and oxygen atoms in total. The first kappa shape index (κ1) is 13.9. The van der Waals surface area contributed by atoms with Crippen molar-refractivity contribution in [3.8, 4) is 5.69 Å². The number of rotatable bonds is 4. The summed E-state index contributed by atoms with van der Waals surface area (Å²) >= 11 is 1.39. The van der Waals surface area contributed by atoms with Crippen molar-refractivity contribution in [2.24, 2.45) is 0 Å². The Kier molecular flexibility index (Phi) is 4.48. The first-order valence-electron chi connectivity index (χ1n) is 6.51. The van der Waals surface area contributed by atoms with E-state index in [2.05, 4.69) is 42.7 Å². The van der Waals surface area contributed by atoms with E-state index in [0.717, 1.165) is 17.0 Å². The fourth-order valence-electron chi connectivity index (χ4n) is 2.22. The van der Waals surface area contributed by atoms with E-state index in [1.807, 2.05) is 19.1 Å². The smallest absolute Gasteiger partial charge is 0.193 e. The Balaban J connectivity index is 2.17. The lowest BCUT2D eigenvalue weighted by Gasteiger charge is -2.10. The first-order chi connectivity index (χ1) is 9.11. The van der Waals surface area contributed by atoms with E-state index in [1.165, 1.54) is 23.1 Å². The number of thioether (sulfide) groups is 1. The van der Waals surface area contributed by atoms with E-state index < -0.39 is 0 Å². The average Bonchev–Trinajstić information content (AvgIpc) is 2.71. The number of carbonyl (C=O) groups is 1. The van der Waals surface area contributed by atoms with Crippen molar-refractivity contribution in [3.63, 3.8) is 0 Å². The minimum atomic E-state index is 0.239. The highest BCUT2D eigenvalue weighted by Crippen LogP contribution is 2.17. The van der Waals surface area contributed by atoms with Gasteiger partial charge in [-0.2, -0.15) is 0 Å². The first-order valence-corrected chi connectivity index (χ1v) is 7.50. The molecule has 2 rings (SSSR count). The molecule has 0 N–H and O–H groups in total. The van der Waals surface area contributed by atoms with Crippen molar-refractivity contribution in [1.82, 2.24) is 4.57 Å². The fraction of sp³-hybridized carbons (Fsp3) is 0.312. The zero-order valence-electron chi connectivity index (χ0n) is 11.6. The normalized spacial score (nSPS) is 10.7. The lowest BCUT2D eigenvalue weighted by molar-refractivity contribution is -0.110. The predicted octanol–water partition coefficient (Wildman–Crippen LogP) is 3.92. The van der Waals surface area contributed by atoms with Crippen molar-refractivity contribution >= 4 is 16.9 Å². The Morgan fingerprint density at radius 2 is 1.63 bits per heavy atom. The summed E-state index contributed by atoms with van der Waals surface area (Å²) < 4.78 is 2.21. The van der Waals surface area contributed by atoms with Gasteiger partial charge < -0.3 is 4.57 Å². The van der Waals surface area contributed by atoms with Gasteiger partial charge in [0.25, 0.3) is 0 Å². The van der Waals surface area contributed by atoms with E-state index >= 15 is 0 Å². The number of benzene rings is 1. The molecule has 0 saturated heterocycles. The number of hydrogen-bond acceptors (Lipinski definition) is 2. The van der Waals surface area contributed by atoms with Crippen LogP contribution in [-0.4, -0.2) is 15.4 Å². The minimum Gasteiger partial charge on any atom is -0.319 e. The SMILES string of the molecule is CCSC(=O)Cc1ccc(-n2c(C)ccc2C)cc1. The van der Waals surface area contributed by atoms with E-state index in [0.29, 0.717) is 6.42 Å². The molecule has 100 valence electrons. The maximum atomic E-state index is 11.6. The lowest BCUT2D eigenvalue weighted by Crippen LogP contribution is -2.01. The third-order valence-corrected chi connectivity index (χ3v) is 3.87. The summed E-state index contributed by atoms with van der Waals surface area (Å²) in [6, 6.07) is 12.5. The van der Waals surface area contributed by atoms with Crippen LogP contribution in [0.5, 0.6) is 0 Å². The molecule has 0 spiro atoms. The van der Waals surface area contributed by atoms with Gasteiger partial charge in [-0.15, -0.1) is 0 Å². The Labute approximate surface area is 118 Å². The molecule has 0 bridgehead atoms. The molecule has 3 heteroatoms. The van der Waals surface area contributed by atoms with Gasteiger partial charge in [-0.1, -0.05) is 30.8 Å². The minimum absolute atomic E-state index is 0.239. The van der Waals surface area contributed by atoms with Gasteiger partial charge in [-0.25, -0.2) is 0 Å². The second-order valence-corrected chi connectivity index (χ2v) is 5.92. The maximum Gasteiger partial charge on any atom is 0.193 e. The third kappa shape index (κ3) is 3.29. The van der Waals surface area contributed by atoms with Crippen LogP contribution in [0.4, 0.5) is 0 Å². The van der Waals surface area contributed by atoms with Crippen molar-refractivity contribution in [1.29, 1.82) is 0 Å². The van der Waals surface area contributed by atoms with E-state index in [-0.39, 0.29) is 5.12 Å². The summed E-state index contributed by atoms with van der Waals surface area (Å²) in [5.74, 6) is 0.846. The van der Waals surface area contributed by atoms with Gasteiger partial charge in [-0.05, 0) is 49.4 Å². The average molecular weight is 273 g/mol. The van der Waals surface area contributed by atoms with Gasteiger partial charge in [0.15, 0.2) is 5.12 Å². The molecule has 0 amide bonds. The molecule has 0 aliphatic heterocycles. The summed E-state index contributed by atoms with van der Waals surface area (Å²) in [5.41, 5.74) is 4.68. The van der Waals surface area contributed by atoms with Crippen molar-refractivity contribution in [2.45, 2.75) is 27.2 Å². The molecule has 19 heavy (non-hydrogen) atoms. The molecule has 0 aliphatic rings. The number of hydrogen-bond donors (Lipinski definition) is 0. The van der Waals surface area contributed by atoms with Crippen LogP contribution in [0.2, 0.25) is 0 Å². The van der Waals surface area contributed by atoms with Crippen LogP contribution >= 0.6 is 11.8 Å². The van der Waals surface area contributed by atoms with Gasteiger partial charge >= 0.3 is 0 Å². The molecular weight excluding hydrogens is 254 g/mol. The van der Waals surface area contributed by atoms with Crippen LogP contribution in [-0.2, 0) is 11.2 Å².